The molecule has 0 radical (unpaired) electrons. The van der Waals surface area contributed by atoms with Crippen LogP contribution in [0.2, 0.25) is 5.02 Å². The molecule has 0 aromatic heterocycles. The molecule has 0 saturated carbocycles. The normalized spacial score (nSPS) is 11.7. The monoisotopic (exact) mass is 317 g/mol. The molecule has 102 valence electrons. The lowest BCUT2D eigenvalue weighted by Crippen LogP contribution is -2.12. The van der Waals surface area contributed by atoms with Crippen molar-refractivity contribution in [2.45, 2.75) is 15.8 Å². The standard InChI is InChI=1S/C14H13ClFNS.ClH/c15-10-5-7-11(8-6-10)18-14-4-2-1-3-12(14)13(17)9-16;/h1-8,13H,9,17H2;1H/t13-;/m1./s1. The van der Waals surface area contributed by atoms with Crippen molar-refractivity contribution in [3.05, 3.63) is 59.1 Å². The molecule has 1 atom stereocenters. The zero-order valence-electron chi connectivity index (χ0n) is 10.1. The molecule has 0 unspecified atom stereocenters. The van der Waals surface area contributed by atoms with Crippen LogP contribution in [0.5, 0.6) is 0 Å². The van der Waals surface area contributed by atoms with Crippen molar-refractivity contribution in [2.75, 3.05) is 6.67 Å². The second-order valence-corrected chi connectivity index (χ2v) is 5.41. The molecule has 2 aromatic rings. The second kappa shape index (κ2) is 7.75. The van der Waals surface area contributed by atoms with E-state index in [4.69, 9.17) is 17.3 Å². The summed E-state index contributed by atoms with van der Waals surface area (Å²) in [6.45, 7) is -0.557. The second-order valence-electron chi connectivity index (χ2n) is 3.85. The highest BCUT2D eigenvalue weighted by atomic mass is 35.5. The zero-order chi connectivity index (χ0) is 13.0. The number of hydrogen-bond acceptors (Lipinski definition) is 2. The topological polar surface area (TPSA) is 26.0 Å². The molecule has 0 aliphatic rings. The summed E-state index contributed by atoms with van der Waals surface area (Å²) in [5.41, 5.74) is 6.60. The molecular weight excluding hydrogens is 304 g/mol. The minimum Gasteiger partial charge on any atom is -0.322 e. The fraction of sp³-hybridized carbons (Fsp3) is 0.143. The van der Waals surface area contributed by atoms with Gasteiger partial charge in [-0.05, 0) is 35.9 Å². The van der Waals surface area contributed by atoms with E-state index in [0.29, 0.717) is 5.02 Å². The summed E-state index contributed by atoms with van der Waals surface area (Å²) in [4.78, 5) is 2.03. The van der Waals surface area contributed by atoms with E-state index in [-0.39, 0.29) is 12.4 Å². The van der Waals surface area contributed by atoms with Crippen molar-refractivity contribution in [1.82, 2.24) is 0 Å². The molecule has 0 heterocycles. The van der Waals surface area contributed by atoms with Gasteiger partial charge in [-0.15, -0.1) is 12.4 Å². The number of nitrogens with two attached hydrogens (primary N) is 1. The summed E-state index contributed by atoms with van der Waals surface area (Å²) in [5, 5.41) is 0.702. The Bertz CT molecular complexity index is 519. The van der Waals surface area contributed by atoms with E-state index in [0.717, 1.165) is 15.4 Å². The number of hydrogen-bond donors (Lipinski definition) is 1. The molecule has 0 amide bonds. The molecule has 5 heteroatoms. The Morgan fingerprint density at radius 3 is 2.37 bits per heavy atom. The first kappa shape index (κ1) is 16.3. The Labute approximate surface area is 127 Å². The maximum Gasteiger partial charge on any atom is 0.109 e. The highest BCUT2D eigenvalue weighted by molar-refractivity contribution is 7.99. The van der Waals surface area contributed by atoms with Gasteiger partial charge in [0.2, 0.25) is 0 Å². The summed E-state index contributed by atoms with van der Waals surface area (Å²) in [5.74, 6) is 0. The van der Waals surface area contributed by atoms with E-state index in [1.165, 1.54) is 0 Å². The predicted octanol–water partition coefficient (Wildman–Crippen LogP) is 4.88. The van der Waals surface area contributed by atoms with Gasteiger partial charge in [0.1, 0.15) is 6.67 Å². The summed E-state index contributed by atoms with van der Waals surface area (Å²) < 4.78 is 12.7. The van der Waals surface area contributed by atoms with Crippen molar-refractivity contribution in [3.8, 4) is 0 Å². The van der Waals surface area contributed by atoms with Crippen LogP contribution in [0.25, 0.3) is 0 Å². The van der Waals surface area contributed by atoms with Gasteiger partial charge in [-0.3, -0.25) is 0 Å². The summed E-state index contributed by atoms with van der Waals surface area (Å²) in [6, 6.07) is 14.6. The first-order valence-corrected chi connectivity index (χ1v) is 6.74. The lowest BCUT2D eigenvalue weighted by molar-refractivity contribution is 0.434. The van der Waals surface area contributed by atoms with Crippen LogP contribution in [0.1, 0.15) is 11.6 Å². The van der Waals surface area contributed by atoms with Crippen molar-refractivity contribution in [2.24, 2.45) is 5.73 Å². The zero-order valence-corrected chi connectivity index (χ0v) is 12.4. The molecule has 19 heavy (non-hydrogen) atoms. The van der Waals surface area contributed by atoms with Crippen LogP contribution < -0.4 is 5.73 Å². The summed E-state index contributed by atoms with van der Waals surface area (Å²) in [7, 11) is 0. The Balaban J connectivity index is 0.00000180. The largest absolute Gasteiger partial charge is 0.322 e. The Hall–Kier alpha value is -0.740. The van der Waals surface area contributed by atoms with E-state index >= 15 is 0 Å². The van der Waals surface area contributed by atoms with Gasteiger partial charge in [0, 0.05) is 14.8 Å². The van der Waals surface area contributed by atoms with Gasteiger partial charge < -0.3 is 5.73 Å². The van der Waals surface area contributed by atoms with Gasteiger partial charge in [-0.25, -0.2) is 4.39 Å². The lowest BCUT2D eigenvalue weighted by atomic mass is 10.1. The molecule has 0 fully saturated rings. The molecule has 0 aliphatic heterocycles. The molecule has 0 bridgehead atoms. The lowest BCUT2D eigenvalue weighted by Gasteiger charge is -2.13. The van der Waals surface area contributed by atoms with Crippen molar-refractivity contribution in [1.29, 1.82) is 0 Å². The van der Waals surface area contributed by atoms with Gasteiger partial charge >= 0.3 is 0 Å². The molecule has 1 nitrogen and oxygen atoms in total. The molecule has 0 spiro atoms. The molecule has 2 aromatic carbocycles. The fourth-order valence-corrected chi connectivity index (χ4v) is 2.73. The van der Waals surface area contributed by atoms with Crippen molar-refractivity contribution < 1.29 is 4.39 Å². The third kappa shape index (κ3) is 4.39. The number of rotatable bonds is 4. The van der Waals surface area contributed by atoms with Gasteiger partial charge in [-0.1, -0.05) is 41.6 Å². The smallest absolute Gasteiger partial charge is 0.109 e. The average molecular weight is 318 g/mol. The van der Waals surface area contributed by atoms with Gasteiger partial charge in [0.15, 0.2) is 0 Å². The van der Waals surface area contributed by atoms with Crippen LogP contribution in [0, 0.1) is 0 Å². The van der Waals surface area contributed by atoms with Crippen LogP contribution in [0.15, 0.2) is 58.3 Å². The molecule has 2 rings (SSSR count). The summed E-state index contributed by atoms with van der Waals surface area (Å²) in [6.07, 6.45) is 0. The fourth-order valence-electron chi connectivity index (χ4n) is 1.59. The first-order valence-electron chi connectivity index (χ1n) is 5.54. The number of alkyl halides is 1. The Morgan fingerprint density at radius 2 is 1.74 bits per heavy atom. The van der Waals surface area contributed by atoms with Crippen LogP contribution >= 0.6 is 35.8 Å². The Kier molecular flexibility index (Phi) is 6.66. The van der Waals surface area contributed by atoms with E-state index in [9.17, 15) is 4.39 Å². The Morgan fingerprint density at radius 1 is 1.11 bits per heavy atom. The molecular formula is C14H14Cl2FNS. The van der Waals surface area contributed by atoms with Gasteiger partial charge in [0.05, 0.1) is 6.04 Å². The van der Waals surface area contributed by atoms with Gasteiger partial charge in [0.25, 0.3) is 0 Å². The van der Waals surface area contributed by atoms with Crippen LogP contribution in [-0.4, -0.2) is 6.67 Å². The van der Waals surface area contributed by atoms with Gasteiger partial charge in [-0.2, -0.15) is 0 Å². The van der Waals surface area contributed by atoms with E-state index in [2.05, 4.69) is 0 Å². The van der Waals surface area contributed by atoms with E-state index in [1.54, 1.807) is 11.8 Å². The highest BCUT2D eigenvalue weighted by Gasteiger charge is 2.11. The quantitative estimate of drug-likeness (QED) is 0.869. The molecule has 0 saturated heterocycles. The minimum absolute atomic E-state index is 0. The summed E-state index contributed by atoms with van der Waals surface area (Å²) >= 11 is 7.40. The predicted molar refractivity (Wildman–Crippen MR) is 82.2 cm³/mol. The van der Waals surface area contributed by atoms with Crippen LogP contribution in [0.3, 0.4) is 0 Å². The van der Waals surface area contributed by atoms with E-state index in [1.807, 2.05) is 48.5 Å². The maximum atomic E-state index is 12.7. The van der Waals surface area contributed by atoms with Crippen LogP contribution in [-0.2, 0) is 0 Å². The number of benzene rings is 2. The SMILES string of the molecule is Cl.N[C@H](CF)c1ccccc1Sc1ccc(Cl)cc1. The molecule has 0 aliphatic carbocycles. The average Bonchev–Trinajstić information content (AvgIpc) is 2.41. The minimum atomic E-state index is -0.569. The van der Waals surface area contributed by atoms with Crippen molar-refractivity contribution in [3.63, 3.8) is 0 Å². The van der Waals surface area contributed by atoms with E-state index < -0.39 is 12.7 Å². The van der Waals surface area contributed by atoms with Crippen LogP contribution in [0.4, 0.5) is 4.39 Å². The number of halogens is 3. The van der Waals surface area contributed by atoms with Crippen molar-refractivity contribution >= 4 is 35.8 Å². The molecule has 2 N–H and O–H groups in total. The third-order valence-electron chi connectivity index (χ3n) is 2.53. The first-order chi connectivity index (χ1) is 8.70. The third-order valence-corrected chi connectivity index (χ3v) is 3.88. The highest BCUT2D eigenvalue weighted by Crippen LogP contribution is 2.33. The maximum absolute atomic E-state index is 12.7.